The van der Waals surface area contributed by atoms with Gasteiger partial charge in [0, 0.05) is 6.07 Å². The van der Waals surface area contributed by atoms with Crippen molar-refractivity contribution in [2.24, 2.45) is 0 Å². The summed E-state index contributed by atoms with van der Waals surface area (Å²) in [5.41, 5.74) is -0.149. The summed E-state index contributed by atoms with van der Waals surface area (Å²) in [7, 11) is 1.18. The molecule has 0 bridgehead atoms. The van der Waals surface area contributed by atoms with E-state index < -0.39 is 18.8 Å². The number of methoxy groups -OCH3 is 1. The predicted octanol–water partition coefficient (Wildman–Crippen LogP) is 3.06. The first kappa shape index (κ1) is 13.3. The maximum Gasteiger partial charge on any atom is 0.573 e. The van der Waals surface area contributed by atoms with Gasteiger partial charge in [0.1, 0.15) is 10.4 Å². The van der Waals surface area contributed by atoms with Crippen LogP contribution in [0.2, 0.25) is 0 Å². The van der Waals surface area contributed by atoms with Gasteiger partial charge in [0.25, 0.3) is 0 Å². The third-order valence-corrected chi connectivity index (χ3v) is 2.25. The minimum atomic E-state index is -4.86. The van der Waals surface area contributed by atoms with Gasteiger partial charge in [-0.3, -0.25) is 0 Å². The van der Waals surface area contributed by atoms with Crippen LogP contribution in [0, 0.1) is 3.70 Å². The predicted molar refractivity (Wildman–Crippen MR) is 55.0 cm³/mol. The van der Waals surface area contributed by atoms with E-state index in [1.165, 1.54) is 7.11 Å². The Balaban J connectivity index is 3.18. The fourth-order valence-electron chi connectivity index (χ4n) is 0.981. The van der Waals surface area contributed by atoms with Crippen LogP contribution in [0.15, 0.2) is 6.07 Å². The van der Waals surface area contributed by atoms with Crippen LogP contribution in [0.4, 0.5) is 17.6 Å². The Morgan fingerprint density at radius 3 is 2.50 bits per heavy atom. The second kappa shape index (κ2) is 5.02. The minimum Gasteiger partial charge on any atom is -0.490 e. The molecule has 8 heteroatoms. The highest BCUT2D eigenvalue weighted by atomic mass is 127. The second-order valence-corrected chi connectivity index (χ2v) is 3.64. The van der Waals surface area contributed by atoms with Gasteiger partial charge >= 0.3 is 6.36 Å². The number of ether oxygens (including phenoxy) is 2. The molecule has 0 saturated carbocycles. The number of halogens is 5. The second-order valence-electron chi connectivity index (χ2n) is 2.62. The lowest BCUT2D eigenvalue weighted by Crippen LogP contribution is -2.18. The highest BCUT2D eigenvalue weighted by molar-refractivity contribution is 14.1. The summed E-state index contributed by atoms with van der Waals surface area (Å²) in [6.07, 6.45) is -4.86. The molecular formula is C8H6F4INO2. The number of alkyl halides is 4. The van der Waals surface area contributed by atoms with Gasteiger partial charge in [-0.2, -0.15) is 0 Å². The monoisotopic (exact) mass is 351 g/mol. The molecule has 1 aromatic rings. The molecule has 0 amide bonds. The van der Waals surface area contributed by atoms with E-state index in [2.05, 4.69) is 9.72 Å². The first-order chi connectivity index (χ1) is 7.37. The topological polar surface area (TPSA) is 31.4 Å². The lowest BCUT2D eigenvalue weighted by molar-refractivity contribution is -0.275. The largest absolute Gasteiger partial charge is 0.573 e. The molecule has 1 heterocycles. The smallest absolute Gasteiger partial charge is 0.490 e. The molecule has 1 aromatic heterocycles. The number of pyridine rings is 1. The van der Waals surface area contributed by atoms with E-state index in [0.717, 1.165) is 6.07 Å². The molecule has 0 aliphatic rings. The van der Waals surface area contributed by atoms with Gasteiger partial charge in [-0.05, 0) is 22.6 Å². The first-order valence-electron chi connectivity index (χ1n) is 3.92. The molecule has 1 rings (SSSR count). The fraction of sp³-hybridized carbons (Fsp3) is 0.375. The maximum absolute atomic E-state index is 12.3. The van der Waals surface area contributed by atoms with E-state index in [1.54, 1.807) is 22.6 Å². The van der Waals surface area contributed by atoms with Gasteiger partial charge in [0.15, 0.2) is 11.5 Å². The van der Waals surface area contributed by atoms with Crippen molar-refractivity contribution in [3.8, 4) is 11.5 Å². The minimum absolute atomic E-state index is 0.106. The standard InChI is InChI=1S/C8H6F4INO2/c1-15-6-5(16-8(10,11)12)2-4(3-9)14-7(6)13/h2H,3H2,1H3. The molecule has 0 radical (unpaired) electrons. The maximum atomic E-state index is 12.3. The summed E-state index contributed by atoms with van der Waals surface area (Å²) < 4.78 is 56.9. The Bertz CT molecular complexity index is 383. The van der Waals surface area contributed by atoms with Crippen molar-refractivity contribution in [3.05, 3.63) is 15.5 Å². The average molecular weight is 351 g/mol. The van der Waals surface area contributed by atoms with Crippen LogP contribution < -0.4 is 9.47 Å². The van der Waals surface area contributed by atoms with E-state index in [9.17, 15) is 17.6 Å². The molecule has 0 saturated heterocycles. The number of nitrogens with zero attached hydrogens (tertiary/aromatic N) is 1. The normalized spacial score (nSPS) is 11.4. The molecule has 0 atom stereocenters. The highest BCUT2D eigenvalue weighted by Gasteiger charge is 2.33. The third kappa shape index (κ3) is 3.35. The Labute approximate surface area is 102 Å². The van der Waals surface area contributed by atoms with Crippen molar-refractivity contribution in [2.45, 2.75) is 13.0 Å². The van der Waals surface area contributed by atoms with Gasteiger partial charge in [-0.1, -0.05) is 0 Å². The Morgan fingerprint density at radius 2 is 2.06 bits per heavy atom. The summed E-state index contributed by atoms with van der Waals surface area (Å²) in [6.45, 7) is -0.978. The summed E-state index contributed by atoms with van der Waals surface area (Å²) in [5.74, 6) is -0.767. The van der Waals surface area contributed by atoms with Crippen molar-refractivity contribution >= 4 is 22.6 Å². The van der Waals surface area contributed by atoms with Crippen molar-refractivity contribution in [1.29, 1.82) is 0 Å². The van der Waals surface area contributed by atoms with Gasteiger partial charge in [0.05, 0.1) is 12.8 Å². The Kier molecular flexibility index (Phi) is 4.16. The van der Waals surface area contributed by atoms with Crippen LogP contribution in [-0.2, 0) is 6.67 Å². The quantitative estimate of drug-likeness (QED) is 0.477. The molecule has 0 aliphatic heterocycles. The molecule has 0 unspecified atom stereocenters. The number of hydrogen-bond donors (Lipinski definition) is 0. The van der Waals surface area contributed by atoms with E-state index in [0.29, 0.717) is 0 Å². The number of aromatic nitrogens is 1. The molecule has 0 fully saturated rings. The van der Waals surface area contributed by atoms with Gasteiger partial charge < -0.3 is 9.47 Å². The molecule has 0 aliphatic carbocycles. The molecule has 0 N–H and O–H groups in total. The van der Waals surface area contributed by atoms with E-state index >= 15 is 0 Å². The van der Waals surface area contributed by atoms with Crippen LogP contribution >= 0.6 is 22.6 Å². The molecular weight excluding hydrogens is 345 g/mol. The summed E-state index contributed by atoms with van der Waals surface area (Å²) >= 11 is 1.64. The van der Waals surface area contributed by atoms with Gasteiger partial charge in [0.2, 0.25) is 0 Å². The van der Waals surface area contributed by atoms with Gasteiger partial charge in [-0.15, -0.1) is 13.2 Å². The van der Waals surface area contributed by atoms with Crippen molar-refractivity contribution in [3.63, 3.8) is 0 Å². The molecule has 3 nitrogen and oxygen atoms in total. The van der Waals surface area contributed by atoms with Crippen LogP contribution in [0.25, 0.3) is 0 Å². The average Bonchev–Trinajstić information content (AvgIpc) is 2.14. The van der Waals surface area contributed by atoms with Crippen molar-refractivity contribution in [1.82, 2.24) is 4.98 Å². The lowest BCUT2D eigenvalue weighted by atomic mass is 10.3. The zero-order valence-corrected chi connectivity index (χ0v) is 10.1. The number of rotatable bonds is 3. The zero-order valence-electron chi connectivity index (χ0n) is 7.94. The third-order valence-electron chi connectivity index (χ3n) is 1.52. The van der Waals surface area contributed by atoms with Crippen LogP contribution in [0.1, 0.15) is 5.69 Å². The zero-order chi connectivity index (χ0) is 12.3. The molecule has 16 heavy (non-hydrogen) atoms. The summed E-state index contributed by atoms with van der Waals surface area (Å²) in [5, 5.41) is 0. The van der Waals surface area contributed by atoms with Crippen LogP contribution in [-0.4, -0.2) is 18.5 Å². The molecule has 0 spiro atoms. The van der Waals surface area contributed by atoms with E-state index in [1.807, 2.05) is 0 Å². The van der Waals surface area contributed by atoms with E-state index in [-0.39, 0.29) is 15.1 Å². The van der Waals surface area contributed by atoms with E-state index in [4.69, 9.17) is 4.74 Å². The highest BCUT2D eigenvalue weighted by Crippen LogP contribution is 2.35. The fourth-order valence-corrected chi connectivity index (χ4v) is 1.78. The summed E-state index contributed by atoms with van der Waals surface area (Å²) in [6, 6.07) is 0.856. The van der Waals surface area contributed by atoms with Crippen LogP contribution in [0.5, 0.6) is 11.5 Å². The van der Waals surface area contributed by atoms with Crippen LogP contribution in [0.3, 0.4) is 0 Å². The first-order valence-corrected chi connectivity index (χ1v) is 5.00. The van der Waals surface area contributed by atoms with Gasteiger partial charge in [-0.25, -0.2) is 9.37 Å². The van der Waals surface area contributed by atoms with Crippen molar-refractivity contribution in [2.75, 3.05) is 7.11 Å². The Hall–Kier alpha value is -0.800. The number of hydrogen-bond acceptors (Lipinski definition) is 3. The molecule has 90 valence electrons. The molecule has 0 aromatic carbocycles. The summed E-state index contributed by atoms with van der Waals surface area (Å²) in [4.78, 5) is 3.69. The Morgan fingerprint density at radius 1 is 1.44 bits per heavy atom. The van der Waals surface area contributed by atoms with Crippen molar-refractivity contribution < 1.29 is 27.0 Å². The lowest BCUT2D eigenvalue weighted by Gasteiger charge is -2.13. The SMILES string of the molecule is COc1c(OC(F)(F)F)cc(CF)nc1I.